The van der Waals surface area contributed by atoms with Crippen molar-refractivity contribution in [2.45, 2.75) is 32.2 Å². The van der Waals surface area contributed by atoms with Crippen molar-refractivity contribution in [3.8, 4) is 0 Å². The third kappa shape index (κ3) is 2.87. The van der Waals surface area contributed by atoms with Gasteiger partial charge in [0.1, 0.15) is 6.04 Å². The average molecular weight is 300 g/mol. The molecule has 0 saturated heterocycles. The third-order valence-corrected chi connectivity index (χ3v) is 4.00. The van der Waals surface area contributed by atoms with E-state index in [1.165, 1.54) is 7.11 Å². The van der Waals surface area contributed by atoms with Gasteiger partial charge in [0.25, 0.3) is 0 Å². The Morgan fingerprint density at radius 3 is 2.53 bits per heavy atom. The van der Waals surface area contributed by atoms with Gasteiger partial charge in [-0.15, -0.1) is 0 Å². The molecule has 0 saturated carbocycles. The van der Waals surface area contributed by atoms with Crippen LogP contribution in [0.1, 0.15) is 25.0 Å². The van der Waals surface area contributed by atoms with Crippen LogP contribution in [-0.4, -0.2) is 19.1 Å². The first kappa shape index (κ1) is 14.2. The molecule has 1 unspecified atom stereocenters. The maximum absolute atomic E-state index is 11.5. The molecule has 0 fully saturated rings. The summed E-state index contributed by atoms with van der Waals surface area (Å²) in [5, 5.41) is 0. The van der Waals surface area contributed by atoms with Crippen LogP contribution in [0.25, 0.3) is 0 Å². The SMILES string of the molecule is COC(=O)C(N)C(C)(C)c1ccc(C)c(Br)c1. The van der Waals surface area contributed by atoms with Gasteiger partial charge >= 0.3 is 5.97 Å². The lowest BCUT2D eigenvalue weighted by Gasteiger charge is -2.30. The maximum atomic E-state index is 11.5. The number of hydrogen-bond acceptors (Lipinski definition) is 3. The minimum Gasteiger partial charge on any atom is -0.468 e. The van der Waals surface area contributed by atoms with Crippen LogP contribution in [0.4, 0.5) is 0 Å². The Kier molecular flexibility index (Phi) is 4.33. The van der Waals surface area contributed by atoms with Gasteiger partial charge in [-0.05, 0) is 24.1 Å². The summed E-state index contributed by atoms with van der Waals surface area (Å²) in [6.07, 6.45) is 0. The molecular formula is C13H18BrNO2. The summed E-state index contributed by atoms with van der Waals surface area (Å²) in [5.74, 6) is -0.397. The molecule has 2 N–H and O–H groups in total. The molecule has 0 aliphatic rings. The molecule has 0 heterocycles. The number of esters is 1. The lowest BCUT2D eigenvalue weighted by atomic mass is 9.78. The predicted molar refractivity (Wildman–Crippen MR) is 71.9 cm³/mol. The van der Waals surface area contributed by atoms with E-state index in [4.69, 9.17) is 10.5 Å². The van der Waals surface area contributed by atoms with E-state index in [1.807, 2.05) is 39.0 Å². The molecule has 0 spiro atoms. The lowest BCUT2D eigenvalue weighted by molar-refractivity contribution is -0.143. The average Bonchev–Trinajstić information content (AvgIpc) is 2.30. The molecule has 1 atom stereocenters. The fourth-order valence-electron chi connectivity index (χ4n) is 1.59. The molecular weight excluding hydrogens is 282 g/mol. The number of nitrogens with two attached hydrogens (primary N) is 1. The third-order valence-electron chi connectivity index (χ3n) is 3.15. The van der Waals surface area contributed by atoms with E-state index in [-0.39, 0.29) is 0 Å². The van der Waals surface area contributed by atoms with Gasteiger partial charge in [-0.25, -0.2) is 0 Å². The van der Waals surface area contributed by atoms with Crippen LogP contribution in [0.2, 0.25) is 0 Å². The van der Waals surface area contributed by atoms with Gasteiger partial charge < -0.3 is 10.5 Å². The number of methoxy groups -OCH3 is 1. The van der Waals surface area contributed by atoms with Crippen LogP contribution in [0, 0.1) is 6.92 Å². The molecule has 94 valence electrons. The summed E-state index contributed by atoms with van der Waals surface area (Å²) in [5.41, 5.74) is 7.62. The molecule has 1 rings (SSSR count). The summed E-state index contributed by atoms with van der Waals surface area (Å²) in [6.45, 7) is 5.89. The Morgan fingerprint density at radius 1 is 1.47 bits per heavy atom. The van der Waals surface area contributed by atoms with Gasteiger partial charge in [0.05, 0.1) is 7.11 Å². The molecule has 0 radical (unpaired) electrons. The van der Waals surface area contributed by atoms with Crippen molar-refractivity contribution in [3.05, 3.63) is 33.8 Å². The Balaban J connectivity index is 3.11. The number of hydrogen-bond donors (Lipinski definition) is 1. The first-order valence-corrected chi connectivity index (χ1v) is 6.20. The molecule has 0 aliphatic carbocycles. The molecule has 1 aromatic carbocycles. The van der Waals surface area contributed by atoms with Gasteiger partial charge in [-0.3, -0.25) is 4.79 Å². The van der Waals surface area contributed by atoms with Gasteiger partial charge in [-0.2, -0.15) is 0 Å². The van der Waals surface area contributed by atoms with Gasteiger partial charge in [0.15, 0.2) is 0 Å². The van der Waals surface area contributed by atoms with Gasteiger partial charge in [0.2, 0.25) is 0 Å². The molecule has 0 aromatic heterocycles. The topological polar surface area (TPSA) is 52.3 Å². The minimum atomic E-state index is -0.679. The highest BCUT2D eigenvalue weighted by atomic mass is 79.9. The first-order valence-electron chi connectivity index (χ1n) is 5.40. The Hall–Kier alpha value is -0.870. The summed E-state index contributed by atoms with van der Waals surface area (Å²) in [7, 11) is 1.35. The second-order valence-electron chi connectivity index (χ2n) is 4.69. The Bertz CT molecular complexity index is 429. The predicted octanol–water partition coefficient (Wildman–Crippen LogP) is 2.54. The normalized spacial score (nSPS) is 13.3. The summed E-state index contributed by atoms with van der Waals surface area (Å²) in [4.78, 5) is 11.5. The van der Waals surface area contributed by atoms with Crippen LogP contribution < -0.4 is 5.73 Å². The number of rotatable bonds is 3. The number of carbonyl (C=O) groups is 1. The van der Waals surface area contributed by atoms with E-state index >= 15 is 0 Å². The number of carbonyl (C=O) groups excluding carboxylic acids is 1. The van der Waals surface area contributed by atoms with Gasteiger partial charge in [0, 0.05) is 9.89 Å². The molecule has 0 aliphatic heterocycles. The zero-order valence-electron chi connectivity index (χ0n) is 10.6. The van der Waals surface area contributed by atoms with Crippen molar-refractivity contribution in [1.82, 2.24) is 0 Å². The molecule has 3 nitrogen and oxygen atoms in total. The number of halogens is 1. The minimum absolute atomic E-state index is 0.397. The Labute approximate surface area is 110 Å². The van der Waals surface area contributed by atoms with E-state index in [1.54, 1.807) is 0 Å². The lowest BCUT2D eigenvalue weighted by Crippen LogP contribution is -2.47. The summed E-state index contributed by atoms with van der Waals surface area (Å²) < 4.78 is 5.71. The fourth-order valence-corrected chi connectivity index (χ4v) is 1.97. The highest BCUT2D eigenvalue weighted by molar-refractivity contribution is 9.10. The van der Waals surface area contributed by atoms with Crippen LogP contribution in [0.5, 0.6) is 0 Å². The maximum Gasteiger partial charge on any atom is 0.323 e. The van der Waals surface area contributed by atoms with Crippen LogP contribution in [0.15, 0.2) is 22.7 Å². The van der Waals surface area contributed by atoms with E-state index in [0.717, 1.165) is 15.6 Å². The molecule has 17 heavy (non-hydrogen) atoms. The monoisotopic (exact) mass is 299 g/mol. The highest BCUT2D eigenvalue weighted by Gasteiger charge is 2.34. The van der Waals surface area contributed by atoms with E-state index < -0.39 is 17.4 Å². The second kappa shape index (κ2) is 5.19. The van der Waals surface area contributed by atoms with Crippen molar-refractivity contribution >= 4 is 21.9 Å². The van der Waals surface area contributed by atoms with Crippen molar-refractivity contribution in [2.24, 2.45) is 5.73 Å². The number of benzene rings is 1. The smallest absolute Gasteiger partial charge is 0.323 e. The van der Waals surface area contributed by atoms with E-state index in [0.29, 0.717) is 0 Å². The van der Waals surface area contributed by atoms with E-state index in [9.17, 15) is 4.79 Å². The largest absolute Gasteiger partial charge is 0.468 e. The highest BCUT2D eigenvalue weighted by Crippen LogP contribution is 2.30. The molecule has 1 aromatic rings. The quantitative estimate of drug-likeness (QED) is 0.873. The molecule has 0 amide bonds. The number of aryl methyl sites for hydroxylation is 1. The zero-order valence-corrected chi connectivity index (χ0v) is 12.2. The van der Waals surface area contributed by atoms with Crippen LogP contribution in [-0.2, 0) is 14.9 Å². The van der Waals surface area contributed by atoms with Crippen LogP contribution in [0.3, 0.4) is 0 Å². The van der Waals surface area contributed by atoms with Crippen LogP contribution >= 0.6 is 15.9 Å². The van der Waals surface area contributed by atoms with Crippen molar-refractivity contribution in [3.63, 3.8) is 0 Å². The van der Waals surface area contributed by atoms with Crippen molar-refractivity contribution in [1.29, 1.82) is 0 Å². The van der Waals surface area contributed by atoms with Crippen molar-refractivity contribution < 1.29 is 9.53 Å². The molecule has 0 bridgehead atoms. The fraction of sp³-hybridized carbons (Fsp3) is 0.462. The summed E-state index contributed by atoms with van der Waals surface area (Å²) >= 11 is 3.48. The van der Waals surface area contributed by atoms with Gasteiger partial charge in [-0.1, -0.05) is 41.9 Å². The Morgan fingerprint density at radius 2 is 2.06 bits per heavy atom. The molecule has 4 heteroatoms. The first-order chi connectivity index (χ1) is 7.80. The summed E-state index contributed by atoms with van der Waals surface area (Å²) in [6, 6.07) is 5.31. The van der Waals surface area contributed by atoms with Crippen molar-refractivity contribution in [2.75, 3.05) is 7.11 Å². The van der Waals surface area contributed by atoms with E-state index in [2.05, 4.69) is 15.9 Å². The zero-order chi connectivity index (χ0) is 13.2. The number of ether oxygens (including phenoxy) is 1. The second-order valence-corrected chi connectivity index (χ2v) is 5.54. The standard InChI is InChI=1S/C13H18BrNO2/c1-8-5-6-9(7-10(8)14)13(2,3)11(15)12(16)17-4/h5-7,11H,15H2,1-4H3.